The molecule has 0 spiro atoms. The highest BCUT2D eigenvalue weighted by molar-refractivity contribution is 8.00. The molecule has 35 heavy (non-hydrogen) atoms. The number of benzene rings is 2. The monoisotopic (exact) mass is 521 g/mol. The molecule has 1 amide bonds. The Morgan fingerprint density at radius 1 is 1.11 bits per heavy atom. The molecule has 2 aromatic carbocycles. The number of ketones is 1. The molecule has 5 rings (SSSR count). The quantitative estimate of drug-likeness (QED) is 0.181. The van der Waals surface area contributed by atoms with Gasteiger partial charge in [0, 0.05) is 5.75 Å². The van der Waals surface area contributed by atoms with Gasteiger partial charge in [0.15, 0.2) is 10.1 Å². The number of hydrogen-bond donors (Lipinski definition) is 1. The van der Waals surface area contributed by atoms with Crippen molar-refractivity contribution in [2.75, 3.05) is 12.0 Å². The van der Waals surface area contributed by atoms with Gasteiger partial charge in [-0.25, -0.2) is 0 Å². The summed E-state index contributed by atoms with van der Waals surface area (Å²) >= 11 is 4.01. The van der Waals surface area contributed by atoms with E-state index in [2.05, 4.69) is 10.2 Å². The molecule has 1 atom stereocenters. The van der Waals surface area contributed by atoms with Crippen molar-refractivity contribution in [1.82, 2.24) is 10.2 Å². The molecule has 0 radical (unpaired) electrons. The van der Waals surface area contributed by atoms with Gasteiger partial charge in [0.25, 0.3) is 5.91 Å². The summed E-state index contributed by atoms with van der Waals surface area (Å²) in [4.78, 5) is 28.5. The van der Waals surface area contributed by atoms with Crippen LogP contribution in [0.5, 0.6) is 5.75 Å². The Kier molecular flexibility index (Phi) is 6.67. The second-order valence-electron chi connectivity index (χ2n) is 7.55. The van der Waals surface area contributed by atoms with Crippen LogP contribution < -0.4 is 9.64 Å². The number of carbonyl (C=O) groups is 2. The van der Waals surface area contributed by atoms with E-state index in [0.29, 0.717) is 31.4 Å². The Hall–Kier alpha value is -3.47. The molecule has 2 aromatic heterocycles. The van der Waals surface area contributed by atoms with Gasteiger partial charge in [0.05, 0.1) is 23.6 Å². The van der Waals surface area contributed by atoms with E-state index in [1.54, 1.807) is 48.9 Å². The van der Waals surface area contributed by atoms with Gasteiger partial charge in [-0.15, -0.1) is 21.5 Å². The molecule has 0 aliphatic carbocycles. The third-order valence-corrected chi connectivity index (χ3v) is 8.41. The molecule has 7 nitrogen and oxygen atoms in total. The first-order valence-electron chi connectivity index (χ1n) is 10.6. The van der Waals surface area contributed by atoms with Crippen molar-refractivity contribution < 1.29 is 19.4 Å². The number of anilines is 1. The van der Waals surface area contributed by atoms with E-state index < -0.39 is 23.5 Å². The Balaban J connectivity index is 1.51. The number of carbonyl (C=O) groups excluding carboxylic acids is 2. The summed E-state index contributed by atoms with van der Waals surface area (Å²) in [6.45, 7) is 0. The van der Waals surface area contributed by atoms with Crippen LogP contribution in [0, 0.1) is 0 Å². The minimum absolute atomic E-state index is 0.0133. The summed E-state index contributed by atoms with van der Waals surface area (Å²) in [5, 5.41) is 21.4. The summed E-state index contributed by atoms with van der Waals surface area (Å²) in [6, 6.07) is 19.6. The van der Waals surface area contributed by atoms with Crippen LogP contribution in [0.2, 0.25) is 0 Å². The zero-order valence-electron chi connectivity index (χ0n) is 18.5. The maximum atomic E-state index is 13.4. The predicted octanol–water partition coefficient (Wildman–Crippen LogP) is 5.68. The molecule has 1 N–H and O–H groups in total. The average Bonchev–Trinajstić information content (AvgIpc) is 3.64. The number of methoxy groups -OCH3 is 1. The minimum Gasteiger partial charge on any atom is -0.503 e. The number of Topliss-reactive ketones (excluding diaryl/α,β-unsaturated/α-hetero) is 1. The van der Waals surface area contributed by atoms with Crippen LogP contribution in [-0.2, 0) is 10.5 Å². The Morgan fingerprint density at radius 2 is 1.94 bits per heavy atom. The maximum Gasteiger partial charge on any atom is 0.296 e. The zero-order chi connectivity index (χ0) is 24.4. The van der Waals surface area contributed by atoms with E-state index in [1.165, 1.54) is 39.3 Å². The molecule has 4 aromatic rings. The van der Waals surface area contributed by atoms with Gasteiger partial charge in [0.2, 0.25) is 10.9 Å². The number of rotatable bonds is 8. The topological polar surface area (TPSA) is 92.6 Å². The molecule has 10 heteroatoms. The molecule has 0 fully saturated rings. The van der Waals surface area contributed by atoms with Gasteiger partial charge in [-0.2, -0.15) is 0 Å². The number of aliphatic hydroxyl groups excluding tert-OH is 1. The molecule has 0 bridgehead atoms. The van der Waals surface area contributed by atoms with Crippen LogP contribution >= 0.6 is 34.4 Å². The van der Waals surface area contributed by atoms with Crippen molar-refractivity contribution >= 4 is 51.3 Å². The van der Waals surface area contributed by atoms with E-state index in [1.807, 2.05) is 30.3 Å². The van der Waals surface area contributed by atoms with Crippen LogP contribution in [-0.4, -0.2) is 34.1 Å². The van der Waals surface area contributed by atoms with Crippen molar-refractivity contribution in [3.05, 3.63) is 99.4 Å². The van der Waals surface area contributed by atoms with Gasteiger partial charge >= 0.3 is 0 Å². The number of nitrogens with zero attached hydrogens (tertiary/aromatic N) is 3. The number of aromatic nitrogens is 2. The Bertz CT molecular complexity index is 1400. The number of thiophene rings is 1. The molecule has 1 aliphatic rings. The number of hydrogen-bond acceptors (Lipinski definition) is 9. The lowest BCUT2D eigenvalue weighted by Gasteiger charge is -2.24. The Labute approximate surface area is 213 Å². The maximum absolute atomic E-state index is 13.4. The third kappa shape index (κ3) is 4.60. The molecule has 176 valence electrons. The first-order chi connectivity index (χ1) is 17.1. The van der Waals surface area contributed by atoms with Gasteiger partial charge in [0.1, 0.15) is 5.75 Å². The first-order valence-corrected chi connectivity index (χ1v) is 13.2. The van der Waals surface area contributed by atoms with Crippen molar-refractivity contribution in [3.63, 3.8) is 0 Å². The first kappa shape index (κ1) is 23.3. The lowest BCUT2D eigenvalue weighted by atomic mass is 9.95. The molecular formula is C25H19N3O4S3. The van der Waals surface area contributed by atoms with E-state index in [4.69, 9.17) is 4.74 Å². The minimum atomic E-state index is -0.868. The molecule has 0 saturated heterocycles. The molecule has 3 heterocycles. The highest BCUT2D eigenvalue weighted by Crippen LogP contribution is 2.44. The van der Waals surface area contributed by atoms with E-state index in [-0.39, 0.29) is 5.57 Å². The molecule has 1 aliphatic heterocycles. The summed E-state index contributed by atoms with van der Waals surface area (Å²) < 4.78 is 6.04. The van der Waals surface area contributed by atoms with Crippen molar-refractivity contribution in [2.45, 2.75) is 16.1 Å². The van der Waals surface area contributed by atoms with Crippen LogP contribution in [0.1, 0.15) is 26.8 Å². The highest BCUT2D eigenvalue weighted by Gasteiger charge is 2.46. The summed E-state index contributed by atoms with van der Waals surface area (Å²) in [6.07, 6.45) is 0. The molecule has 1 unspecified atom stereocenters. The van der Waals surface area contributed by atoms with Gasteiger partial charge < -0.3 is 9.84 Å². The second kappa shape index (κ2) is 10.0. The lowest BCUT2D eigenvalue weighted by molar-refractivity contribution is -0.117. The third-order valence-electron chi connectivity index (χ3n) is 5.41. The van der Waals surface area contributed by atoms with Crippen molar-refractivity contribution in [2.24, 2.45) is 0 Å². The smallest absolute Gasteiger partial charge is 0.296 e. The fourth-order valence-electron chi connectivity index (χ4n) is 3.78. The van der Waals surface area contributed by atoms with Crippen LogP contribution in [0.4, 0.5) is 5.13 Å². The fraction of sp³-hybridized carbons (Fsp3) is 0.120. The highest BCUT2D eigenvalue weighted by atomic mass is 32.2. The fourth-order valence-corrected chi connectivity index (χ4v) is 6.28. The van der Waals surface area contributed by atoms with E-state index in [9.17, 15) is 14.7 Å². The standard InChI is InChI=1S/C25H19N3O4S3/c1-32-17-10-5-9-16(13-17)20-19(21(29)18-11-6-12-33-18)22(30)23(31)28(20)24-26-27-25(35-24)34-14-15-7-3-2-4-8-15/h2-13,20,30H,14H2,1H3. The number of amides is 1. The van der Waals surface area contributed by atoms with Gasteiger partial charge in [-0.1, -0.05) is 71.6 Å². The van der Waals surface area contributed by atoms with Crippen molar-refractivity contribution in [3.8, 4) is 5.75 Å². The van der Waals surface area contributed by atoms with Crippen molar-refractivity contribution in [1.29, 1.82) is 0 Å². The second-order valence-corrected chi connectivity index (χ2v) is 10.7. The molecular weight excluding hydrogens is 502 g/mol. The largest absolute Gasteiger partial charge is 0.503 e. The summed E-state index contributed by atoms with van der Waals surface area (Å²) in [5.74, 6) is -0.391. The van der Waals surface area contributed by atoms with Gasteiger partial charge in [-0.05, 0) is 34.7 Å². The molecule has 0 saturated carbocycles. The number of aliphatic hydroxyl groups is 1. The van der Waals surface area contributed by atoms with Crippen LogP contribution in [0.25, 0.3) is 0 Å². The number of thioether (sulfide) groups is 1. The average molecular weight is 522 g/mol. The Morgan fingerprint density at radius 3 is 2.69 bits per heavy atom. The zero-order valence-corrected chi connectivity index (χ0v) is 20.9. The predicted molar refractivity (Wildman–Crippen MR) is 137 cm³/mol. The van der Waals surface area contributed by atoms with Crippen LogP contribution in [0.3, 0.4) is 0 Å². The number of ether oxygens (including phenoxy) is 1. The normalized spacial score (nSPS) is 15.6. The SMILES string of the molecule is COc1cccc(C2C(C(=O)c3cccs3)=C(O)C(=O)N2c2nnc(SCc3ccccc3)s2)c1. The van der Waals surface area contributed by atoms with Crippen LogP contribution in [0.15, 0.2) is 87.8 Å². The van der Waals surface area contributed by atoms with Gasteiger partial charge in [-0.3, -0.25) is 14.5 Å². The van der Waals surface area contributed by atoms with E-state index in [0.717, 1.165) is 5.56 Å². The summed E-state index contributed by atoms with van der Waals surface area (Å²) in [7, 11) is 1.54. The van der Waals surface area contributed by atoms with E-state index >= 15 is 0 Å². The lowest BCUT2D eigenvalue weighted by Crippen LogP contribution is -2.31. The summed E-state index contributed by atoms with van der Waals surface area (Å²) in [5.41, 5.74) is 1.78.